The summed E-state index contributed by atoms with van der Waals surface area (Å²) < 4.78 is 11.9. The first kappa shape index (κ1) is 19.7. The summed E-state index contributed by atoms with van der Waals surface area (Å²) in [6, 6.07) is 8.15. The molecular weight excluding hydrogens is 378 g/mol. The van der Waals surface area contributed by atoms with Crippen molar-refractivity contribution in [1.29, 1.82) is 0 Å². The zero-order valence-corrected chi connectivity index (χ0v) is 17.8. The van der Waals surface area contributed by atoms with E-state index in [0.717, 1.165) is 51.0 Å². The van der Waals surface area contributed by atoms with Gasteiger partial charge in [0.1, 0.15) is 0 Å². The minimum atomic E-state index is -0.0142. The highest BCUT2D eigenvalue weighted by atomic mass is 16.5. The van der Waals surface area contributed by atoms with Crippen molar-refractivity contribution >= 4 is 5.91 Å². The zero-order chi connectivity index (χ0) is 20.6. The van der Waals surface area contributed by atoms with Crippen LogP contribution in [0.4, 0.5) is 0 Å². The number of aromatic nitrogens is 2. The fourth-order valence-corrected chi connectivity index (χ4v) is 5.56. The lowest BCUT2D eigenvalue weighted by molar-refractivity contribution is -0.136. The summed E-state index contributed by atoms with van der Waals surface area (Å²) in [7, 11) is 0. The van der Waals surface area contributed by atoms with Gasteiger partial charge >= 0.3 is 0 Å². The normalized spacial score (nSPS) is 24.4. The highest BCUT2D eigenvalue weighted by Crippen LogP contribution is 2.50. The molecule has 1 aromatic carbocycles. The standard InChI is InChI=1S/C24H31N3O3/c1-17-7-9-18(10-8-17)21-25-26-22(30-21)20-15-27(16-24(20)11-13-29-14-12-24)23(28)19-5-3-2-4-6-19/h7-10,19-20H,2-6,11-16H2,1H3. The molecule has 6 heteroatoms. The molecule has 3 heterocycles. The van der Waals surface area contributed by atoms with E-state index in [2.05, 4.69) is 34.2 Å². The van der Waals surface area contributed by atoms with E-state index < -0.39 is 0 Å². The summed E-state index contributed by atoms with van der Waals surface area (Å²) >= 11 is 0. The number of carbonyl (C=O) groups is 1. The number of carbonyl (C=O) groups excluding carboxylic acids is 1. The van der Waals surface area contributed by atoms with Crippen molar-refractivity contribution in [1.82, 2.24) is 15.1 Å². The number of ether oxygens (including phenoxy) is 1. The van der Waals surface area contributed by atoms with Gasteiger partial charge in [0.15, 0.2) is 0 Å². The second kappa shape index (κ2) is 8.14. The van der Waals surface area contributed by atoms with E-state index in [0.29, 0.717) is 24.2 Å². The van der Waals surface area contributed by atoms with Crippen molar-refractivity contribution in [2.45, 2.75) is 57.8 Å². The average Bonchev–Trinajstić information content (AvgIpc) is 3.40. The Labute approximate surface area is 178 Å². The Kier molecular flexibility index (Phi) is 5.35. The van der Waals surface area contributed by atoms with E-state index in [-0.39, 0.29) is 17.3 Å². The van der Waals surface area contributed by atoms with Crippen LogP contribution >= 0.6 is 0 Å². The largest absolute Gasteiger partial charge is 0.420 e. The molecule has 2 aliphatic heterocycles. The summed E-state index contributed by atoms with van der Waals surface area (Å²) in [5.41, 5.74) is 2.13. The first-order valence-corrected chi connectivity index (χ1v) is 11.4. The molecular formula is C24H31N3O3. The maximum absolute atomic E-state index is 13.3. The second-order valence-electron chi connectivity index (χ2n) is 9.39. The van der Waals surface area contributed by atoms with Gasteiger partial charge in [0.2, 0.25) is 17.7 Å². The molecule has 0 radical (unpaired) electrons. The van der Waals surface area contributed by atoms with E-state index in [1.807, 2.05) is 12.1 Å². The zero-order valence-electron chi connectivity index (χ0n) is 17.8. The van der Waals surface area contributed by atoms with Crippen LogP contribution in [0.1, 0.15) is 62.3 Å². The quantitative estimate of drug-likeness (QED) is 0.754. The van der Waals surface area contributed by atoms with Gasteiger partial charge in [0.05, 0.1) is 5.92 Å². The lowest BCUT2D eigenvalue weighted by atomic mass is 9.72. The summed E-state index contributed by atoms with van der Waals surface area (Å²) in [6.45, 7) is 5.01. The molecule has 30 heavy (non-hydrogen) atoms. The van der Waals surface area contributed by atoms with E-state index in [9.17, 15) is 4.79 Å². The minimum absolute atomic E-state index is 0.0142. The fraction of sp³-hybridized carbons (Fsp3) is 0.625. The number of rotatable bonds is 3. The van der Waals surface area contributed by atoms with Crippen molar-refractivity contribution in [3.63, 3.8) is 0 Å². The maximum atomic E-state index is 13.3. The monoisotopic (exact) mass is 409 g/mol. The number of likely N-dealkylation sites (tertiary alicyclic amines) is 1. The first-order valence-electron chi connectivity index (χ1n) is 11.4. The molecule has 0 N–H and O–H groups in total. The van der Waals surface area contributed by atoms with Crippen molar-refractivity contribution < 1.29 is 13.9 Å². The van der Waals surface area contributed by atoms with Crippen LogP contribution < -0.4 is 0 Å². The Morgan fingerprint density at radius 2 is 1.80 bits per heavy atom. The molecule has 0 bridgehead atoms. The Balaban J connectivity index is 1.40. The molecule has 2 aromatic rings. The molecule has 1 atom stereocenters. The van der Waals surface area contributed by atoms with Gasteiger partial charge in [-0.1, -0.05) is 37.0 Å². The van der Waals surface area contributed by atoms with Crippen LogP contribution in [-0.4, -0.2) is 47.3 Å². The first-order chi connectivity index (χ1) is 14.6. The maximum Gasteiger partial charge on any atom is 0.247 e. The van der Waals surface area contributed by atoms with E-state index >= 15 is 0 Å². The molecule has 1 spiro atoms. The molecule has 5 rings (SSSR count). The molecule has 1 amide bonds. The highest BCUT2D eigenvalue weighted by Gasteiger charge is 2.52. The molecule has 6 nitrogen and oxygen atoms in total. The van der Waals surface area contributed by atoms with Gasteiger partial charge in [-0.25, -0.2) is 0 Å². The highest BCUT2D eigenvalue weighted by molar-refractivity contribution is 5.79. The summed E-state index contributed by atoms with van der Waals surface area (Å²) in [4.78, 5) is 15.4. The third-order valence-corrected chi connectivity index (χ3v) is 7.44. The molecule has 1 saturated carbocycles. The van der Waals surface area contributed by atoms with Gasteiger partial charge in [-0.2, -0.15) is 0 Å². The number of hydrogen-bond acceptors (Lipinski definition) is 5. The fourth-order valence-electron chi connectivity index (χ4n) is 5.56. The number of hydrogen-bond donors (Lipinski definition) is 0. The second-order valence-corrected chi connectivity index (χ2v) is 9.39. The van der Waals surface area contributed by atoms with E-state index in [4.69, 9.17) is 9.15 Å². The van der Waals surface area contributed by atoms with Crippen molar-refractivity contribution in [2.24, 2.45) is 11.3 Å². The molecule has 160 valence electrons. The van der Waals surface area contributed by atoms with Crippen LogP contribution in [-0.2, 0) is 9.53 Å². The van der Waals surface area contributed by atoms with Crippen LogP contribution in [0, 0.1) is 18.3 Å². The van der Waals surface area contributed by atoms with Crippen LogP contribution in [0.15, 0.2) is 28.7 Å². The Hall–Kier alpha value is -2.21. The van der Waals surface area contributed by atoms with Crippen LogP contribution in [0.3, 0.4) is 0 Å². The third-order valence-electron chi connectivity index (χ3n) is 7.44. The predicted octanol–water partition coefficient (Wildman–Crippen LogP) is 4.35. The van der Waals surface area contributed by atoms with Gasteiger partial charge in [0.25, 0.3) is 0 Å². The average molecular weight is 410 g/mol. The van der Waals surface area contributed by atoms with Gasteiger partial charge in [-0.3, -0.25) is 4.79 Å². The number of nitrogens with zero attached hydrogens (tertiary/aromatic N) is 3. The Morgan fingerprint density at radius 1 is 1.07 bits per heavy atom. The molecule has 1 unspecified atom stereocenters. The van der Waals surface area contributed by atoms with Crippen molar-refractivity contribution in [3.05, 3.63) is 35.7 Å². The predicted molar refractivity (Wildman–Crippen MR) is 113 cm³/mol. The van der Waals surface area contributed by atoms with Gasteiger partial charge in [-0.15, -0.1) is 10.2 Å². The topological polar surface area (TPSA) is 68.5 Å². The SMILES string of the molecule is Cc1ccc(-c2nnc(C3CN(C(=O)C4CCCCC4)CC34CCOCC4)o2)cc1. The number of amides is 1. The Bertz CT molecular complexity index is 879. The van der Waals surface area contributed by atoms with E-state index in [1.165, 1.54) is 24.8 Å². The third kappa shape index (κ3) is 3.66. The summed E-state index contributed by atoms with van der Waals surface area (Å²) in [6.07, 6.45) is 7.56. The molecule has 1 aromatic heterocycles. The Morgan fingerprint density at radius 3 is 2.53 bits per heavy atom. The molecule has 3 aliphatic rings. The van der Waals surface area contributed by atoms with Crippen molar-refractivity contribution in [2.75, 3.05) is 26.3 Å². The number of aryl methyl sites for hydroxylation is 1. The lowest BCUT2D eigenvalue weighted by Gasteiger charge is -2.36. The summed E-state index contributed by atoms with van der Waals surface area (Å²) in [5.74, 6) is 1.85. The van der Waals surface area contributed by atoms with Gasteiger partial charge in [-0.05, 0) is 44.7 Å². The lowest BCUT2D eigenvalue weighted by Crippen LogP contribution is -2.39. The van der Waals surface area contributed by atoms with Crippen LogP contribution in [0.2, 0.25) is 0 Å². The van der Waals surface area contributed by atoms with Crippen LogP contribution in [0.5, 0.6) is 0 Å². The van der Waals surface area contributed by atoms with Gasteiger partial charge < -0.3 is 14.1 Å². The molecule has 3 fully saturated rings. The van der Waals surface area contributed by atoms with Gasteiger partial charge in [0, 0.05) is 43.2 Å². The molecule has 1 aliphatic carbocycles. The molecule has 2 saturated heterocycles. The number of benzene rings is 1. The van der Waals surface area contributed by atoms with Crippen LogP contribution in [0.25, 0.3) is 11.5 Å². The summed E-state index contributed by atoms with van der Waals surface area (Å²) in [5, 5.41) is 8.80. The minimum Gasteiger partial charge on any atom is -0.420 e. The smallest absolute Gasteiger partial charge is 0.247 e. The van der Waals surface area contributed by atoms with Crippen molar-refractivity contribution in [3.8, 4) is 11.5 Å². The van der Waals surface area contributed by atoms with E-state index in [1.54, 1.807) is 0 Å².